The molecule has 0 amide bonds. The van der Waals surface area contributed by atoms with Crippen LogP contribution in [0.25, 0.3) is 0 Å². The van der Waals surface area contributed by atoms with E-state index in [2.05, 4.69) is 15.9 Å². The first kappa shape index (κ1) is 12.4. The normalized spacial score (nSPS) is 17.5. The maximum absolute atomic E-state index is 10.9. The maximum atomic E-state index is 10.9. The molecule has 0 unspecified atom stereocenters. The maximum Gasteiger partial charge on any atom is 0.339 e. The molecule has 17 heavy (non-hydrogen) atoms. The predicted molar refractivity (Wildman–Crippen MR) is 67.0 cm³/mol. The van der Waals surface area contributed by atoms with Crippen LogP contribution >= 0.6 is 15.9 Å². The summed E-state index contributed by atoms with van der Waals surface area (Å²) in [6.45, 7) is 0. The van der Waals surface area contributed by atoms with Gasteiger partial charge in [-0.3, -0.25) is 0 Å². The van der Waals surface area contributed by atoms with Crippen molar-refractivity contribution in [1.29, 1.82) is 0 Å². The molecule has 1 aromatic rings. The van der Waals surface area contributed by atoms with Crippen LogP contribution < -0.4 is 5.73 Å². The minimum atomic E-state index is -1.14. The molecule has 0 heterocycles. The monoisotopic (exact) mass is 299 g/mol. The fourth-order valence-corrected chi connectivity index (χ4v) is 2.69. The molecule has 1 aliphatic rings. The molecule has 0 spiro atoms. The highest BCUT2D eigenvalue weighted by atomic mass is 79.9. The summed E-state index contributed by atoms with van der Waals surface area (Å²) in [6, 6.07) is 2.69. The Labute approximate surface area is 108 Å². The molecule has 1 aromatic carbocycles. The van der Waals surface area contributed by atoms with Gasteiger partial charge in [0.15, 0.2) is 0 Å². The molecule has 1 aliphatic carbocycles. The predicted octanol–water partition coefficient (Wildman–Crippen LogP) is 2.65. The molecule has 92 valence electrons. The molecule has 1 saturated carbocycles. The Balaban J connectivity index is 2.43. The molecule has 0 radical (unpaired) electrons. The highest BCUT2D eigenvalue weighted by molar-refractivity contribution is 9.10. The van der Waals surface area contributed by atoms with Crippen LogP contribution in [-0.4, -0.2) is 16.2 Å². The average molecular weight is 300 g/mol. The minimum Gasteiger partial charge on any atom is -0.507 e. The molecular formula is C12H14BrNO3. The molecule has 0 aromatic heterocycles. The van der Waals surface area contributed by atoms with Gasteiger partial charge in [0.1, 0.15) is 11.3 Å². The minimum absolute atomic E-state index is 0.0991. The average Bonchev–Trinajstić information content (AvgIpc) is 2.13. The number of phenols is 1. The van der Waals surface area contributed by atoms with Crippen molar-refractivity contribution in [2.24, 2.45) is 11.7 Å². The van der Waals surface area contributed by atoms with Crippen molar-refractivity contribution in [2.45, 2.75) is 25.3 Å². The van der Waals surface area contributed by atoms with E-state index in [9.17, 15) is 9.90 Å². The number of rotatable bonds is 3. The molecule has 2 rings (SSSR count). The lowest BCUT2D eigenvalue weighted by Crippen LogP contribution is -2.27. The van der Waals surface area contributed by atoms with Crippen molar-refractivity contribution in [1.82, 2.24) is 0 Å². The van der Waals surface area contributed by atoms with E-state index in [0.29, 0.717) is 16.0 Å². The number of nitrogens with two attached hydrogens (primary N) is 1. The molecule has 0 saturated heterocycles. The van der Waals surface area contributed by atoms with Gasteiger partial charge in [-0.15, -0.1) is 0 Å². The Hall–Kier alpha value is -1.07. The molecule has 0 bridgehead atoms. The van der Waals surface area contributed by atoms with E-state index in [1.54, 1.807) is 6.07 Å². The lowest BCUT2D eigenvalue weighted by molar-refractivity contribution is 0.0693. The van der Waals surface area contributed by atoms with Gasteiger partial charge in [0.05, 0.1) is 0 Å². The summed E-state index contributed by atoms with van der Waals surface area (Å²) in [4.78, 5) is 10.9. The zero-order valence-corrected chi connectivity index (χ0v) is 10.8. The van der Waals surface area contributed by atoms with Crippen molar-refractivity contribution >= 4 is 21.9 Å². The summed E-state index contributed by atoms with van der Waals surface area (Å²) >= 11 is 3.32. The molecular weight excluding hydrogens is 286 g/mol. The standard InChI is InChI=1S/C12H14BrNO3/c13-8-5-4-7(12(16)17)11(15)9(8)10(14)6-2-1-3-6/h4-6,10,15H,1-3,14H2,(H,16,17)/t10-/m0/s1. The number of hydrogen-bond donors (Lipinski definition) is 3. The summed E-state index contributed by atoms with van der Waals surface area (Å²) < 4.78 is 0.666. The van der Waals surface area contributed by atoms with Gasteiger partial charge in [-0.1, -0.05) is 22.4 Å². The van der Waals surface area contributed by atoms with Gasteiger partial charge in [0.25, 0.3) is 0 Å². The lowest BCUT2D eigenvalue weighted by Gasteiger charge is -2.32. The first-order chi connectivity index (χ1) is 8.02. The Kier molecular flexibility index (Phi) is 3.40. The van der Waals surface area contributed by atoms with Crippen molar-refractivity contribution in [3.63, 3.8) is 0 Å². The molecule has 1 atom stereocenters. The highest BCUT2D eigenvalue weighted by Gasteiger charge is 2.30. The van der Waals surface area contributed by atoms with Crippen molar-refractivity contribution < 1.29 is 15.0 Å². The second-order valence-electron chi connectivity index (χ2n) is 4.38. The van der Waals surface area contributed by atoms with Gasteiger partial charge in [0, 0.05) is 16.1 Å². The molecule has 4 N–H and O–H groups in total. The lowest BCUT2D eigenvalue weighted by atomic mass is 9.77. The van der Waals surface area contributed by atoms with Crippen LogP contribution in [0.15, 0.2) is 16.6 Å². The second-order valence-corrected chi connectivity index (χ2v) is 5.23. The Morgan fingerprint density at radius 1 is 1.47 bits per heavy atom. The Bertz CT molecular complexity index is 457. The SMILES string of the molecule is N[C@H](c1c(Br)ccc(C(=O)O)c1O)C1CCC1. The number of carboxylic acids is 1. The van der Waals surface area contributed by atoms with E-state index in [-0.39, 0.29) is 17.4 Å². The van der Waals surface area contributed by atoms with Crippen LogP contribution in [0.5, 0.6) is 5.75 Å². The first-order valence-electron chi connectivity index (χ1n) is 5.52. The summed E-state index contributed by atoms with van der Waals surface area (Å²) in [6.07, 6.45) is 3.21. The van der Waals surface area contributed by atoms with Crippen LogP contribution in [0.2, 0.25) is 0 Å². The molecule has 0 aliphatic heterocycles. The number of halogens is 1. The summed E-state index contributed by atoms with van der Waals surface area (Å²) in [5.41, 5.74) is 6.50. The van der Waals surface area contributed by atoms with Crippen molar-refractivity contribution in [2.75, 3.05) is 0 Å². The van der Waals surface area contributed by atoms with E-state index in [0.717, 1.165) is 19.3 Å². The van der Waals surface area contributed by atoms with Gasteiger partial charge in [-0.05, 0) is 30.9 Å². The third-order valence-corrected chi connectivity index (χ3v) is 4.08. The summed E-state index contributed by atoms with van der Waals surface area (Å²) in [5, 5.41) is 18.9. The van der Waals surface area contributed by atoms with Gasteiger partial charge < -0.3 is 15.9 Å². The zero-order chi connectivity index (χ0) is 12.6. The Morgan fingerprint density at radius 3 is 2.59 bits per heavy atom. The highest BCUT2D eigenvalue weighted by Crippen LogP contribution is 2.42. The van der Waals surface area contributed by atoms with Gasteiger partial charge >= 0.3 is 5.97 Å². The van der Waals surface area contributed by atoms with E-state index in [4.69, 9.17) is 10.8 Å². The number of hydrogen-bond acceptors (Lipinski definition) is 3. The number of carbonyl (C=O) groups is 1. The van der Waals surface area contributed by atoms with E-state index in [1.165, 1.54) is 6.07 Å². The molecule has 4 nitrogen and oxygen atoms in total. The number of carboxylic acid groups (broad SMARTS) is 1. The van der Waals surface area contributed by atoms with E-state index >= 15 is 0 Å². The van der Waals surface area contributed by atoms with Gasteiger partial charge in [-0.25, -0.2) is 4.79 Å². The smallest absolute Gasteiger partial charge is 0.339 e. The fourth-order valence-electron chi connectivity index (χ4n) is 2.11. The van der Waals surface area contributed by atoms with Crippen LogP contribution in [0.3, 0.4) is 0 Å². The van der Waals surface area contributed by atoms with Gasteiger partial charge in [-0.2, -0.15) is 0 Å². The molecule has 1 fully saturated rings. The van der Waals surface area contributed by atoms with Crippen LogP contribution in [-0.2, 0) is 0 Å². The van der Waals surface area contributed by atoms with E-state index in [1.807, 2.05) is 0 Å². The fraction of sp³-hybridized carbons (Fsp3) is 0.417. The van der Waals surface area contributed by atoms with Crippen LogP contribution in [0.1, 0.15) is 41.2 Å². The van der Waals surface area contributed by atoms with Crippen molar-refractivity contribution in [3.05, 3.63) is 27.7 Å². The summed E-state index contributed by atoms with van der Waals surface area (Å²) in [7, 11) is 0. The third-order valence-electron chi connectivity index (χ3n) is 3.39. The van der Waals surface area contributed by atoms with Crippen molar-refractivity contribution in [3.8, 4) is 5.75 Å². The summed E-state index contributed by atoms with van der Waals surface area (Å²) in [5.74, 6) is -1.02. The van der Waals surface area contributed by atoms with Crippen LogP contribution in [0, 0.1) is 5.92 Å². The number of aromatic hydroxyl groups is 1. The Morgan fingerprint density at radius 2 is 2.12 bits per heavy atom. The van der Waals surface area contributed by atoms with Crippen LogP contribution in [0.4, 0.5) is 0 Å². The van der Waals surface area contributed by atoms with Gasteiger partial charge in [0.2, 0.25) is 0 Å². The number of aromatic carboxylic acids is 1. The quantitative estimate of drug-likeness (QED) is 0.801. The topological polar surface area (TPSA) is 83.6 Å². The zero-order valence-electron chi connectivity index (χ0n) is 9.19. The first-order valence-corrected chi connectivity index (χ1v) is 6.32. The second kappa shape index (κ2) is 4.66. The number of benzene rings is 1. The largest absolute Gasteiger partial charge is 0.507 e. The van der Waals surface area contributed by atoms with E-state index < -0.39 is 5.97 Å². The third kappa shape index (κ3) is 2.17. The molecule has 5 heteroatoms.